The van der Waals surface area contributed by atoms with Crippen molar-refractivity contribution in [3.8, 4) is 11.3 Å². The van der Waals surface area contributed by atoms with E-state index in [4.69, 9.17) is 4.42 Å². The predicted molar refractivity (Wildman–Crippen MR) is 51.9 cm³/mol. The lowest BCUT2D eigenvalue weighted by molar-refractivity contribution is 0.578. The van der Waals surface area contributed by atoms with Gasteiger partial charge in [0.15, 0.2) is 0 Å². The van der Waals surface area contributed by atoms with Crippen molar-refractivity contribution in [3.05, 3.63) is 22.2 Å². The molecule has 0 saturated carbocycles. The van der Waals surface area contributed by atoms with Crippen LogP contribution < -0.4 is 5.32 Å². The summed E-state index contributed by atoms with van der Waals surface area (Å²) in [5.74, 6) is 0.845. The lowest BCUT2D eigenvalue weighted by atomic mass is 10.1. The molecule has 0 amide bonds. The summed E-state index contributed by atoms with van der Waals surface area (Å²) in [6, 6.07) is 1.96. The number of hydrogen-bond acceptors (Lipinski definition) is 4. The lowest BCUT2D eigenvalue weighted by Gasteiger charge is -2.10. The number of aryl methyl sites for hydroxylation is 1. The third-order valence-corrected chi connectivity index (χ3v) is 3.10. The number of nitrogens with zero attached hydrogens (tertiary/aromatic N) is 1. The van der Waals surface area contributed by atoms with Gasteiger partial charge in [-0.2, -0.15) is 0 Å². The van der Waals surface area contributed by atoms with Crippen LogP contribution in [-0.2, 0) is 6.54 Å². The molecule has 0 fully saturated rings. The van der Waals surface area contributed by atoms with Gasteiger partial charge < -0.3 is 9.73 Å². The van der Waals surface area contributed by atoms with Gasteiger partial charge in [0.1, 0.15) is 0 Å². The van der Waals surface area contributed by atoms with Crippen LogP contribution in [0.3, 0.4) is 0 Å². The van der Waals surface area contributed by atoms with Crippen LogP contribution in [0.15, 0.2) is 16.7 Å². The molecule has 0 saturated heterocycles. The average molecular weight is 192 g/mol. The minimum absolute atomic E-state index is 0.835. The molecule has 3 heterocycles. The molecule has 2 aromatic heterocycles. The van der Waals surface area contributed by atoms with E-state index in [1.165, 1.54) is 4.88 Å². The summed E-state index contributed by atoms with van der Waals surface area (Å²) in [7, 11) is 0. The first-order valence-corrected chi connectivity index (χ1v) is 4.94. The maximum absolute atomic E-state index is 5.28. The zero-order chi connectivity index (χ0) is 8.84. The van der Waals surface area contributed by atoms with E-state index < -0.39 is 0 Å². The molecular weight excluding hydrogens is 184 g/mol. The van der Waals surface area contributed by atoms with Crippen molar-refractivity contribution in [2.45, 2.75) is 13.5 Å². The zero-order valence-electron chi connectivity index (χ0n) is 7.13. The quantitative estimate of drug-likeness (QED) is 0.697. The van der Waals surface area contributed by atoms with Crippen molar-refractivity contribution in [2.75, 3.05) is 5.32 Å². The first-order chi connectivity index (χ1) is 6.34. The van der Waals surface area contributed by atoms with Crippen LogP contribution in [0.2, 0.25) is 0 Å². The molecule has 0 unspecified atom stereocenters. The fourth-order valence-electron chi connectivity index (χ4n) is 1.59. The number of nitrogens with one attached hydrogen (secondary N) is 1. The van der Waals surface area contributed by atoms with Gasteiger partial charge in [0.25, 0.3) is 0 Å². The fraction of sp³-hybridized carbons (Fsp3) is 0.222. The lowest BCUT2D eigenvalue weighted by Crippen LogP contribution is -2.04. The number of hydrogen-bond donors (Lipinski definition) is 1. The molecule has 0 bridgehead atoms. The molecule has 0 radical (unpaired) electrons. The van der Waals surface area contributed by atoms with Crippen molar-refractivity contribution in [1.82, 2.24) is 4.98 Å². The van der Waals surface area contributed by atoms with Crippen LogP contribution >= 0.6 is 11.3 Å². The molecule has 0 atom stereocenters. The molecule has 0 aromatic carbocycles. The molecule has 1 N–H and O–H groups in total. The van der Waals surface area contributed by atoms with Crippen LogP contribution in [0.1, 0.15) is 9.88 Å². The highest BCUT2D eigenvalue weighted by atomic mass is 32.1. The SMILES string of the molecule is Cc1nc2c(s1)CNc1occc1-2. The second-order valence-corrected chi connectivity index (χ2v) is 4.31. The Labute approximate surface area is 79.4 Å². The number of thiazole rings is 1. The van der Waals surface area contributed by atoms with E-state index in [1.54, 1.807) is 17.6 Å². The summed E-state index contributed by atoms with van der Waals surface area (Å²) < 4.78 is 5.28. The van der Waals surface area contributed by atoms with Gasteiger partial charge >= 0.3 is 0 Å². The molecule has 2 aromatic rings. The molecule has 1 aliphatic heterocycles. The number of fused-ring (bicyclic) bond motifs is 3. The first kappa shape index (κ1) is 7.15. The molecule has 13 heavy (non-hydrogen) atoms. The van der Waals surface area contributed by atoms with E-state index in [2.05, 4.69) is 10.3 Å². The van der Waals surface area contributed by atoms with Gasteiger partial charge in [0.2, 0.25) is 5.88 Å². The first-order valence-electron chi connectivity index (χ1n) is 4.12. The number of rotatable bonds is 0. The Kier molecular flexibility index (Phi) is 1.29. The summed E-state index contributed by atoms with van der Waals surface area (Å²) in [5, 5.41) is 4.33. The van der Waals surface area contributed by atoms with Crippen molar-refractivity contribution >= 4 is 17.2 Å². The minimum atomic E-state index is 0.835. The summed E-state index contributed by atoms with van der Waals surface area (Å²) in [6.45, 7) is 2.87. The van der Waals surface area contributed by atoms with Crippen molar-refractivity contribution in [3.63, 3.8) is 0 Å². The number of furan rings is 1. The predicted octanol–water partition coefficient (Wildman–Crippen LogP) is 2.64. The molecule has 0 aliphatic carbocycles. The third kappa shape index (κ3) is 0.920. The maximum atomic E-state index is 5.28. The fourth-order valence-corrected chi connectivity index (χ4v) is 2.48. The largest absolute Gasteiger partial charge is 0.448 e. The van der Waals surface area contributed by atoms with Gasteiger partial charge in [0.05, 0.1) is 34.0 Å². The molecule has 3 rings (SSSR count). The average Bonchev–Trinajstić information content (AvgIpc) is 2.65. The molecule has 0 spiro atoms. The van der Waals surface area contributed by atoms with Crippen molar-refractivity contribution in [2.24, 2.45) is 0 Å². The highest BCUT2D eigenvalue weighted by molar-refractivity contribution is 7.12. The molecule has 3 nitrogen and oxygen atoms in total. The van der Waals surface area contributed by atoms with Gasteiger partial charge in [-0.3, -0.25) is 0 Å². The van der Waals surface area contributed by atoms with Crippen LogP contribution in [-0.4, -0.2) is 4.98 Å². The van der Waals surface area contributed by atoms with Gasteiger partial charge in [-0.25, -0.2) is 4.98 Å². The summed E-state index contributed by atoms with van der Waals surface area (Å²) in [4.78, 5) is 5.78. The topological polar surface area (TPSA) is 38.1 Å². The van der Waals surface area contributed by atoms with E-state index in [9.17, 15) is 0 Å². The normalized spacial score (nSPS) is 13.3. The van der Waals surface area contributed by atoms with Crippen LogP contribution in [0.5, 0.6) is 0 Å². The van der Waals surface area contributed by atoms with Gasteiger partial charge in [-0.1, -0.05) is 0 Å². The second-order valence-electron chi connectivity index (χ2n) is 3.02. The molecule has 1 aliphatic rings. The minimum Gasteiger partial charge on any atom is -0.448 e. The Hall–Kier alpha value is -1.29. The summed E-state index contributed by atoms with van der Waals surface area (Å²) in [6.07, 6.45) is 1.70. The van der Waals surface area contributed by atoms with Crippen LogP contribution in [0, 0.1) is 6.92 Å². The number of anilines is 1. The third-order valence-electron chi connectivity index (χ3n) is 2.13. The van der Waals surface area contributed by atoms with E-state index in [1.807, 2.05) is 13.0 Å². The van der Waals surface area contributed by atoms with E-state index >= 15 is 0 Å². The molecule has 66 valence electrons. The number of aromatic nitrogens is 1. The van der Waals surface area contributed by atoms with Gasteiger partial charge in [-0.05, 0) is 13.0 Å². The van der Waals surface area contributed by atoms with Crippen molar-refractivity contribution < 1.29 is 4.42 Å². The standard InChI is InChI=1S/C9H8N2OS/c1-5-11-8-6-2-3-12-9(6)10-4-7(8)13-5/h2-3,10H,4H2,1H3. The van der Waals surface area contributed by atoms with Crippen LogP contribution in [0.4, 0.5) is 5.88 Å². The van der Waals surface area contributed by atoms with E-state index in [0.29, 0.717) is 0 Å². The maximum Gasteiger partial charge on any atom is 0.202 e. The van der Waals surface area contributed by atoms with E-state index in [0.717, 1.165) is 28.7 Å². The zero-order valence-corrected chi connectivity index (χ0v) is 7.94. The Morgan fingerprint density at radius 2 is 2.54 bits per heavy atom. The smallest absolute Gasteiger partial charge is 0.202 e. The monoisotopic (exact) mass is 192 g/mol. The molecular formula is C9H8N2OS. The highest BCUT2D eigenvalue weighted by Crippen LogP contribution is 2.38. The Morgan fingerprint density at radius 3 is 3.46 bits per heavy atom. The summed E-state index contributed by atoms with van der Waals surface area (Å²) >= 11 is 1.74. The van der Waals surface area contributed by atoms with Gasteiger partial charge in [-0.15, -0.1) is 11.3 Å². The second kappa shape index (κ2) is 2.35. The highest BCUT2D eigenvalue weighted by Gasteiger charge is 2.21. The molecule has 4 heteroatoms. The van der Waals surface area contributed by atoms with E-state index in [-0.39, 0.29) is 0 Å². The Balaban J connectivity index is 2.29. The Morgan fingerprint density at radius 1 is 1.62 bits per heavy atom. The van der Waals surface area contributed by atoms with Crippen LogP contribution in [0.25, 0.3) is 11.3 Å². The summed E-state index contributed by atoms with van der Waals surface area (Å²) in [5.41, 5.74) is 2.18. The van der Waals surface area contributed by atoms with Gasteiger partial charge in [0, 0.05) is 0 Å². The Bertz CT molecular complexity index is 458. The van der Waals surface area contributed by atoms with Crippen molar-refractivity contribution in [1.29, 1.82) is 0 Å².